The Hall–Kier alpha value is -2.34. The summed E-state index contributed by atoms with van der Waals surface area (Å²) >= 11 is 8.57. The van der Waals surface area contributed by atoms with Gasteiger partial charge in [0.1, 0.15) is 6.07 Å². The molecule has 1 aromatic carbocycles. The molecule has 1 N–H and O–H groups in total. The van der Waals surface area contributed by atoms with Gasteiger partial charge in [-0.3, -0.25) is 4.79 Å². The van der Waals surface area contributed by atoms with Gasteiger partial charge in [-0.05, 0) is 29.6 Å². The Morgan fingerprint density at radius 3 is 3.00 bits per heavy atom. The van der Waals surface area contributed by atoms with Gasteiger partial charge in [0, 0.05) is 5.69 Å². The van der Waals surface area contributed by atoms with Crippen molar-refractivity contribution in [2.75, 3.05) is 11.1 Å². The summed E-state index contributed by atoms with van der Waals surface area (Å²) in [4.78, 5) is 12.8. The van der Waals surface area contributed by atoms with Gasteiger partial charge in [-0.2, -0.15) is 5.26 Å². The highest BCUT2D eigenvalue weighted by Gasteiger charge is 2.12. The number of rotatable bonds is 5. The first-order valence-corrected chi connectivity index (χ1v) is 8.89. The van der Waals surface area contributed by atoms with Crippen molar-refractivity contribution in [3.05, 3.63) is 46.3 Å². The largest absolute Gasteiger partial charge is 0.410 e. The average Bonchev–Trinajstić information content (AvgIpc) is 3.24. The molecule has 24 heavy (non-hydrogen) atoms. The molecule has 0 spiro atoms. The van der Waals surface area contributed by atoms with Gasteiger partial charge >= 0.3 is 0 Å². The Balaban J connectivity index is 1.56. The predicted molar refractivity (Wildman–Crippen MR) is 93.1 cm³/mol. The smallest absolute Gasteiger partial charge is 0.277 e. The maximum Gasteiger partial charge on any atom is 0.277 e. The molecule has 1 amide bonds. The predicted octanol–water partition coefficient (Wildman–Crippen LogP) is 4.05. The van der Waals surface area contributed by atoms with Gasteiger partial charge in [-0.1, -0.05) is 29.4 Å². The second-order valence-corrected chi connectivity index (χ2v) is 6.78. The Labute approximate surface area is 150 Å². The van der Waals surface area contributed by atoms with Crippen LogP contribution < -0.4 is 5.32 Å². The van der Waals surface area contributed by atoms with Crippen LogP contribution in [-0.2, 0) is 4.79 Å². The second-order valence-electron chi connectivity index (χ2n) is 4.49. The van der Waals surface area contributed by atoms with Crippen LogP contribution in [0.25, 0.3) is 10.8 Å². The van der Waals surface area contributed by atoms with Crippen molar-refractivity contribution in [3.63, 3.8) is 0 Å². The molecule has 0 saturated heterocycles. The van der Waals surface area contributed by atoms with Crippen molar-refractivity contribution < 1.29 is 9.21 Å². The van der Waals surface area contributed by atoms with E-state index >= 15 is 0 Å². The molecule has 3 aromatic rings. The highest BCUT2D eigenvalue weighted by Crippen LogP contribution is 2.26. The summed E-state index contributed by atoms with van der Waals surface area (Å²) in [5, 5.41) is 21.9. The lowest BCUT2D eigenvalue weighted by Crippen LogP contribution is -2.14. The van der Waals surface area contributed by atoms with Crippen LogP contribution in [-0.4, -0.2) is 21.9 Å². The summed E-state index contributed by atoms with van der Waals surface area (Å²) < 4.78 is 5.49. The number of aromatic nitrogens is 2. The average molecular weight is 377 g/mol. The molecular formula is C15H9ClN4O2S2. The second kappa shape index (κ2) is 7.49. The van der Waals surface area contributed by atoms with Crippen molar-refractivity contribution >= 4 is 46.3 Å². The zero-order valence-corrected chi connectivity index (χ0v) is 14.4. The number of carbonyl (C=O) groups is 1. The molecular weight excluding hydrogens is 368 g/mol. The minimum Gasteiger partial charge on any atom is -0.410 e. The van der Waals surface area contributed by atoms with E-state index in [0.29, 0.717) is 27.4 Å². The minimum absolute atomic E-state index is 0.115. The van der Waals surface area contributed by atoms with Crippen molar-refractivity contribution in [3.8, 4) is 16.8 Å². The number of thiophene rings is 1. The lowest BCUT2D eigenvalue weighted by molar-refractivity contribution is -0.113. The number of nitrogens with one attached hydrogen (secondary N) is 1. The molecule has 0 radical (unpaired) electrons. The summed E-state index contributed by atoms with van der Waals surface area (Å²) in [7, 11) is 0. The van der Waals surface area contributed by atoms with Crippen LogP contribution in [0.4, 0.5) is 5.69 Å². The Kier molecular flexibility index (Phi) is 5.15. The lowest BCUT2D eigenvalue weighted by atomic mass is 10.2. The van der Waals surface area contributed by atoms with Gasteiger partial charge in [-0.15, -0.1) is 21.5 Å². The van der Waals surface area contributed by atoms with Crippen LogP contribution in [0.15, 0.2) is 45.4 Å². The van der Waals surface area contributed by atoms with Crippen molar-refractivity contribution in [1.29, 1.82) is 5.26 Å². The van der Waals surface area contributed by atoms with E-state index in [4.69, 9.17) is 21.3 Å². The number of nitrogens with zero attached hydrogens (tertiary/aromatic N) is 3. The van der Waals surface area contributed by atoms with Gasteiger partial charge in [0.2, 0.25) is 5.91 Å². The Bertz CT molecular complexity index is 903. The number of nitriles is 1. The summed E-state index contributed by atoms with van der Waals surface area (Å²) in [6.07, 6.45) is 0. The summed E-state index contributed by atoms with van der Waals surface area (Å²) in [6.45, 7) is 0. The van der Waals surface area contributed by atoms with E-state index in [2.05, 4.69) is 15.5 Å². The van der Waals surface area contributed by atoms with Crippen LogP contribution in [0.2, 0.25) is 5.02 Å². The third kappa shape index (κ3) is 3.94. The number of anilines is 1. The van der Waals surface area contributed by atoms with E-state index in [1.807, 2.05) is 23.6 Å². The standard InChI is InChI=1S/C15H9ClN4O2S2/c16-11-6-10(4-3-9(11)7-17)18-13(21)8-24-15-20-19-14(22-15)12-2-1-5-23-12/h1-6H,8H2,(H,18,21). The van der Waals surface area contributed by atoms with Crippen molar-refractivity contribution in [2.24, 2.45) is 0 Å². The Morgan fingerprint density at radius 2 is 2.29 bits per heavy atom. The Morgan fingerprint density at radius 1 is 1.42 bits per heavy atom. The molecule has 0 fully saturated rings. The first-order chi connectivity index (χ1) is 11.7. The van der Waals surface area contributed by atoms with E-state index in [1.165, 1.54) is 17.4 Å². The monoisotopic (exact) mass is 376 g/mol. The molecule has 9 heteroatoms. The molecule has 0 saturated carbocycles. The normalized spacial score (nSPS) is 10.3. The van der Waals surface area contributed by atoms with E-state index in [-0.39, 0.29) is 11.7 Å². The summed E-state index contributed by atoms with van der Waals surface area (Å²) in [6, 6.07) is 10.4. The SMILES string of the molecule is N#Cc1ccc(NC(=O)CSc2nnc(-c3cccs3)o2)cc1Cl. The molecule has 6 nitrogen and oxygen atoms in total. The van der Waals surface area contributed by atoms with Gasteiger partial charge < -0.3 is 9.73 Å². The van der Waals surface area contributed by atoms with Crippen LogP contribution in [0, 0.1) is 11.3 Å². The van der Waals surface area contributed by atoms with Crippen molar-refractivity contribution in [1.82, 2.24) is 10.2 Å². The molecule has 2 aromatic heterocycles. The van der Waals surface area contributed by atoms with E-state index in [9.17, 15) is 4.79 Å². The highest BCUT2D eigenvalue weighted by atomic mass is 35.5. The van der Waals surface area contributed by atoms with E-state index in [1.54, 1.807) is 12.1 Å². The fourth-order valence-electron chi connectivity index (χ4n) is 1.78. The number of carbonyl (C=O) groups excluding carboxylic acids is 1. The molecule has 0 aliphatic rings. The number of benzene rings is 1. The first-order valence-electron chi connectivity index (χ1n) is 6.65. The third-order valence-corrected chi connectivity index (χ3v) is 4.83. The molecule has 0 atom stereocenters. The molecule has 0 bridgehead atoms. The quantitative estimate of drug-likeness (QED) is 0.675. The lowest BCUT2D eigenvalue weighted by Gasteiger charge is -2.05. The number of thioether (sulfide) groups is 1. The zero-order chi connectivity index (χ0) is 16.9. The van der Waals surface area contributed by atoms with Crippen LogP contribution in [0.3, 0.4) is 0 Å². The number of amides is 1. The third-order valence-electron chi connectivity index (χ3n) is 2.84. The van der Waals surface area contributed by atoms with Gasteiger partial charge in [-0.25, -0.2) is 0 Å². The molecule has 0 aliphatic heterocycles. The number of hydrogen-bond donors (Lipinski definition) is 1. The van der Waals surface area contributed by atoms with E-state index in [0.717, 1.165) is 16.6 Å². The molecule has 0 aliphatic carbocycles. The molecule has 120 valence electrons. The zero-order valence-electron chi connectivity index (χ0n) is 12.0. The summed E-state index contributed by atoms with van der Waals surface area (Å²) in [5.74, 6) is 0.312. The van der Waals surface area contributed by atoms with Crippen LogP contribution >= 0.6 is 34.7 Å². The number of hydrogen-bond acceptors (Lipinski definition) is 7. The fraction of sp³-hybridized carbons (Fsp3) is 0.0667. The maximum absolute atomic E-state index is 12.0. The fourth-order valence-corrected chi connectivity index (χ4v) is 3.21. The van der Waals surface area contributed by atoms with Gasteiger partial charge in [0.15, 0.2) is 0 Å². The number of halogens is 1. The molecule has 3 rings (SSSR count). The van der Waals surface area contributed by atoms with Gasteiger partial charge in [0.05, 0.1) is 21.2 Å². The molecule has 2 heterocycles. The topological polar surface area (TPSA) is 91.8 Å². The first kappa shape index (κ1) is 16.5. The maximum atomic E-state index is 12.0. The van der Waals surface area contributed by atoms with Crippen molar-refractivity contribution in [2.45, 2.75) is 5.22 Å². The highest BCUT2D eigenvalue weighted by molar-refractivity contribution is 7.99. The van der Waals surface area contributed by atoms with E-state index < -0.39 is 0 Å². The summed E-state index contributed by atoms with van der Waals surface area (Å²) in [5.41, 5.74) is 0.880. The van der Waals surface area contributed by atoms with Crippen LogP contribution in [0.1, 0.15) is 5.56 Å². The van der Waals surface area contributed by atoms with Crippen LogP contribution in [0.5, 0.6) is 0 Å². The van der Waals surface area contributed by atoms with Gasteiger partial charge in [0.25, 0.3) is 11.1 Å². The minimum atomic E-state index is -0.239. The molecule has 0 unspecified atom stereocenters.